The molecule has 7 heteroatoms. The van der Waals surface area contributed by atoms with Crippen molar-refractivity contribution in [3.63, 3.8) is 0 Å². The van der Waals surface area contributed by atoms with Crippen LogP contribution in [-0.4, -0.2) is 36.4 Å². The molecule has 1 fully saturated rings. The van der Waals surface area contributed by atoms with Crippen molar-refractivity contribution in [3.8, 4) is 11.5 Å². The van der Waals surface area contributed by atoms with E-state index in [4.69, 9.17) is 9.47 Å². The summed E-state index contributed by atoms with van der Waals surface area (Å²) < 4.78 is 11.1. The number of ketones is 2. The van der Waals surface area contributed by atoms with Gasteiger partial charge in [0.05, 0.1) is 12.0 Å². The molecular weight excluding hydrogens is 552 g/mol. The number of amides is 1. The van der Waals surface area contributed by atoms with Gasteiger partial charge in [-0.25, -0.2) is 0 Å². The number of para-hydroxylation sites is 1. The van der Waals surface area contributed by atoms with E-state index >= 15 is 4.79 Å². The maximum atomic E-state index is 15.1. The standard InChI is InChI=1S/C37H30N2O5/c1-20-8-11-23(12-9-20)35(41)33-32(34(40)24-13-15-29-30(18-24)44-19-43-29)37(26-6-4-5-7-27(26)38-36(37)42)31-17-22(3)25-16-21(2)10-14-28(25)39(31)33/h4-18,31-33H,19H2,1-3H3,(H,38,42)/t31-,32-,33+,37-/m1/s1. The maximum absolute atomic E-state index is 15.1. The normalized spacial score (nSPS) is 24.0. The van der Waals surface area contributed by atoms with E-state index in [1.807, 2.05) is 86.3 Å². The highest BCUT2D eigenvalue weighted by atomic mass is 16.7. The largest absolute Gasteiger partial charge is 0.454 e. The molecule has 44 heavy (non-hydrogen) atoms. The molecule has 1 spiro atoms. The summed E-state index contributed by atoms with van der Waals surface area (Å²) in [5, 5.41) is 3.09. The average molecular weight is 583 g/mol. The minimum Gasteiger partial charge on any atom is -0.454 e. The Balaban J connectivity index is 1.43. The van der Waals surface area contributed by atoms with Gasteiger partial charge < -0.3 is 19.7 Å². The summed E-state index contributed by atoms with van der Waals surface area (Å²) in [6.07, 6.45) is 2.08. The smallest absolute Gasteiger partial charge is 0.238 e. The summed E-state index contributed by atoms with van der Waals surface area (Å²) in [7, 11) is 0. The number of hydrogen-bond donors (Lipinski definition) is 1. The van der Waals surface area contributed by atoms with Crippen molar-refractivity contribution in [2.75, 3.05) is 17.0 Å². The molecule has 0 bridgehead atoms. The van der Waals surface area contributed by atoms with E-state index in [1.165, 1.54) is 0 Å². The predicted molar refractivity (Wildman–Crippen MR) is 168 cm³/mol. The first-order chi connectivity index (χ1) is 21.3. The zero-order chi connectivity index (χ0) is 30.3. The Kier molecular flexibility index (Phi) is 5.66. The Hall–Kier alpha value is -5.17. The van der Waals surface area contributed by atoms with Gasteiger partial charge in [-0.1, -0.05) is 65.7 Å². The van der Waals surface area contributed by atoms with Gasteiger partial charge in [0, 0.05) is 28.1 Å². The molecule has 0 unspecified atom stereocenters. The molecule has 8 rings (SSSR count). The topological polar surface area (TPSA) is 84.9 Å². The zero-order valence-corrected chi connectivity index (χ0v) is 24.6. The molecule has 7 nitrogen and oxygen atoms in total. The predicted octanol–water partition coefficient (Wildman–Crippen LogP) is 6.28. The molecule has 1 N–H and O–H groups in total. The molecule has 0 aliphatic carbocycles. The van der Waals surface area contributed by atoms with Crippen LogP contribution in [0.4, 0.5) is 11.4 Å². The number of anilines is 2. The average Bonchev–Trinajstić information content (AvgIpc) is 3.70. The highest BCUT2D eigenvalue weighted by Crippen LogP contribution is 2.59. The second kappa shape index (κ2) is 9.41. The molecule has 4 heterocycles. The van der Waals surface area contributed by atoms with E-state index in [0.29, 0.717) is 28.3 Å². The minimum atomic E-state index is -1.38. The Morgan fingerprint density at radius 1 is 0.818 bits per heavy atom. The molecule has 4 aliphatic rings. The summed E-state index contributed by atoms with van der Waals surface area (Å²) in [6, 6.07) is 24.6. The van der Waals surface area contributed by atoms with E-state index in [-0.39, 0.29) is 24.3 Å². The lowest BCUT2D eigenvalue weighted by atomic mass is 9.64. The van der Waals surface area contributed by atoms with Crippen LogP contribution >= 0.6 is 0 Å². The van der Waals surface area contributed by atoms with Crippen LogP contribution in [0.25, 0.3) is 5.57 Å². The molecule has 0 saturated carbocycles. The summed E-state index contributed by atoms with van der Waals surface area (Å²) in [4.78, 5) is 46.6. The van der Waals surface area contributed by atoms with Crippen LogP contribution in [0.15, 0.2) is 91.0 Å². The van der Waals surface area contributed by atoms with Gasteiger partial charge in [-0.15, -0.1) is 0 Å². The van der Waals surface area contributed by atoms with Crippen LogP contribution in [0.2, 0.25) is 0 Å². The minimum absolute atomic E-state index is 0.0702. The van der Waals surface area contributed by atoms with E-state index in [9.17, 15) is 9.59 Å². The van der Waals surface area contributed by atoms with Gasteiger partial charge >= 0.3 is 0 Å². The fraction of sp³-hybridized carbons (Fsp3) is 0.216. The molecule has 0 radical (unpaired) electrons. The van der Waals surface area contributed by atoms with E-state index < -0.39 is 23.4 Å². The number of carbonyl (C=O) groups is 3. The Bertz CT molecular complexity index is 1940. The van der Waals surface area contributed by atoms with Gasteiger partial charge in [0.25, 0.3) is 0 Å². The molecule has 0 aromatic heterocycles. The second-order valence-electron chi connectivity index (χ2n) is 12.2. The fourth-order valence-electron chi connectivity index (χ4n) is 7.66. The van der Waals surface area contributed by atoms with Gasteiger partial charge in [-0.2, -0.15) is 0 Å². The molecule has 4 aromatic rings. The first-order valence-electron chi connectivity index (χ1n) is 14.8. The molecule has 4 aliphatic heterocycles. The Morgan fingerprint density at radius 2 is 1.55 bits per heavy atom. The first kappa shape index (κ1) is 26.5. The summed E-state index contributed by atoms with van der Waals surface area (Å²) in [5.41, 5.74) is 5.79. The van der Waals surface area contributed by atoms with Crippen LogP contribution in [-0.2, 0) is 10.2 Å². The lowest BCUT2D eigenvalue weighted by Gasteiger charge is -2.39. The highest BCUT2D eigenvalue weighted by Gasteiger charge is 2.70. The number of carbonyl (C=O) groups excluding carboxylic acids is 3. The number of rotatable bonds is 4. The van der Waals surface area contributed by atoms with Crippen molar-refractivity contribution in [1.82, 2.24) is 0 Å². The number of aryl methyl sites for hydroxylation is 2. The van der Waals surface area contributed by atoms with Crippen molar-refractivity contribution in [3.05, 3.63) is 124 Å². The third-order valence-electron chi connectivity index (χ3n) is 9.68. The van der Waals surface area contributed by atoms with Gasteiger partial charge in [0.1, 0.15) is 11.5 Å². The summed E-state index contributed by atoms with van der Waals surface area (Å²) >= 11 is 0. The van der Waals surface area contributed by atoms with Gasteiger partial charge in [-0.05, 0) is 68.3 Å². The van der Waals surface area contributed by atoms with Crippen LogP contribution in [0.3, 0.4) is 0 Å². The van der Waals surface area contributed by atoms with Crippen LogP contribution in [0.5, 0.6) is 11.5 Å². The van der Waals surface area contributed by atoms with E-state index in [1.54, 1.807) is 18.2 Å². The monoisotopic (exact) mass is 582 g/mol. The maximum Gasteiger partial charge on any atom is 0.238 e. The molecule has 4 atom stereocenters. The number of fused-ring (bicyclic) bond motifs is 7. The van der Waals surface area contributed by atoms with Crippen LogP contribution in [0.1, 0.15) is 49.9 Å². The van der Waals surface area contributed by atoms with Gasteiger partial charge in [0.2, 0.25) is 12.7 Å². The summed E-state index contributed by atoms with van der Waals surface area (Å²) in [5.74, 6) is -0.820. The van der Waals surface area contributed by atoms with Crippen LogP contribution < -0.4 is 19.7 Å². The van der Waals surface area contributed by atoms with Gasteiger partial charge in [0.15, 0.2) is 23.1 Å². The third kappa shape index (κ3) is 3.52. The first-order valence-corrected chi connectivity index (χ1v) is 14.8. The number of ether oxygens (including phenoxy) is 2. The lowest BCUT2D eigenvalue weighted by molar-refractivity contribution is -0.121. The number of hydrogen-bond acceptors (Lipinski definition) is 6. The number of Topliss-reactive ketones (excluding diaryl/α,β-unsaturated/α-hetero) is 2. The summed E-state index contributed by atoms with van der Waals surface area (Å²) in [6.45, 7) is 6.11. The SMILES string of the molecule is CC1=C[C@H]2N(c3ccc(C)cc31)[C@H](C(=O)c1ccc(C)cc1)[C@H](C(=O)c1ccc3c(c1)OCO3)[C@]21C(=O)Nc2ccccc21. The molecule has 4 aromatic carbocycles. The quantitative estimate of drug-likeness (QED) is 0.285. The van der Waals surface area contributed by atoms with Crippen molar-refractivity contribution < 1.29 is 23.9 Å². The van der Waals surface area contributed by atoms with Crippen LogP contribution in [0, 0.1) is 19.8 Å². The second-order valence-corrected chi connectivity index (χ2v) is 12.2. The van der Waals surface area contributed by atoms with Crippen molar-refractivity contribution in [1.29, 1.82) is 0 Å². The zero-order valence-electron chi connectivity index (χ0n) is 24.6. The fourth-order valence-corrected chi connectivity index (χ4v) is 7.66. The third-order valence-corrected chi connectivity index (χ3v) is 9.68. The Labute approximate surface area is 255 Å². The Morgan fingerprint density at radius 3 is 2.36 bits per heavy atom. The highest BCUT2D eigenvalue weighted by molar-refractivity contribution is 6.18. The van der Waals surface area contributed by atoms with Crippen molar-refractivity contribution in [2.45, 2.75) is 38.3 Å². The van der Waals surface area contributed by atoms with E-state index in [0.717, 1.165) is 33.5 Å². The number of benzene rings is 4. The van der Waals surface area contributed by atoms with E-state index in [2.05, 4.69) is 17.5 Å². The number of allylic oxidation sites excluding steroid dienone is 1. The number of nitrogens with zero attached hydrogens (tertiary/aromatic N) is 1. The molecule has 1 saturated heterocycles. The number of nitrogens with one attached hydrogen (secondary N) is 1. The lowest BCUT2D eigenvalue weighted by Crippen LogP contribution is -2.51. The van der Waals surface area contributed by atoms with Crippen molar-refractivity contribution >= 4 is 34.4 Å². The van der Waals surface area contributed by atoms with Crippen molar-refractivity contribution in [2.24, 2.45) is 5.92 Å². The van der Waals surface area contributed by atoms with Gasteiger partial charge in [-0.3, -0.25) is 14.4 Å². The molecular formula is C37H30N2O5. The molecule has 218 valence electrons. The molecule has 1 amide bonds.